The fourth-order valence-electron chi connectivity index (χ4n) is 3.98. The van der Waals surface area contributed by atoms with Crippen LogP contribution < -0.4 is 15.4 Å². The van der Waals surface area contributed by atoms with Gasteiger partial charge in [-0.15, -0.1) is 0 Å². The van der Waals surface area contributed by atoms with Gasteiger partial charge in [-0.3, -0.25) is 9.78 Å². The number of piperidine rings is 1. The fourth-order valence-corrected chi connectivity index (χ4v) is 3.98. The maximum Gasteiger partial charge on any atom is 0.319 e. The second kappa shape index (κ2) is 10.1. The number of likely N-dealkylation sites (tertiary alicyclic amines) is 1. The normalized spacial score (nSPS) is 18.0. The van der Waals surface area contributed by atoms with Crippen LogP contribution in [0.3, 0.4) is 0 Å². The largest absolute Gasteiger partial charge is 0.497 e. The van der Waals surface area contributed by atoms with Crippen molar-refractivity contribution in [2.45, 2.75) is 24.9 Å². The molecule has 0 saturated carbocycles. The molecule has 1 fully saturated rings. The molecule has 0 radical (unpaired) electrons. The molecular weight excluding hydrogens is 423 g/mol. The van der Waals surface area contributed by atoms with E-state index in [0.717, 1.165) is 17.0 Å². The van der Waals surface area contributed by atoms with Crippen molar-refractivity contribution in [2.75, 3.05) is 19.0 Å². The number of pyridine rings is 1. The highest BCUT2D eigenvalue weighted by Gasteiger charge is 2.36. The van der Waals surface area contributed by atoms with E-state index in [2.05, 4.69) is 15.6 Å². The highest BCUT2D eigenvalue weighted by molar-refractivity contribution is 5.90. The molecule has 2 heterocycles. The van der Waals surface area contributed by atoms with E-state index in [1.54, 1.807) is 18.2 Å². The van der Waals surface area contributed by atoms with Crippen LogP contribution in [0.15, 0.2) is 72.9 Å². The molecule has 170 valence electrons. The van der Waals surface area contributed by atoms with Crippen LogP contribution in [0.5, 0.6) is 5.75 Å². The van der Waals surface area contributed by atoms with Gasteiger partial charge in [-0.2, -0.15) is 0 Å². The number of urea groups is 1. The number of nitrogens with one attached hydrogen (secondary N) is 2. The lowest BCUT2D eigenvalue weighted by molar-refractivity contribution is -0.135. The summed E-state index contributed by atoms with van der Waals surface area (Å²) in [4.78, 5) is 31.7. The predicted octanol–water partition coefficient (Wildman–Crippen LogP) is 3.94. The Morgan fingerprint density at radius 2 is 1.88 bits per heavy atom. The van der Waals surface area contributed by atoms with Crippen LogP contribution in [0.25, 0.3) is 0 Å². The molecule has 2 aromatic carbocycles. The Bertz CT molecular complexity index is 1090. The third-order valence-electron chi connectivity index (χ3n) is 5.69. The number of methoxy groups -OCH3 is 1. The summed E-state index contributed by atoms with van der Waals surface area (Å²) in [6.07, 6.45) is 1.86. The number of anilines is 1. The summed E-state index contributed by atoms with van der Waals surface area (Å²) in [6.45, 7) is 0.837. The summed E-state index contributed by atoms with van der Waals surface area (Å²) < 4.78 is 18.4. The topological polar surface area (TPSA) is 83.6 Å². The molecule has 0 spiro atoms. The quantitative estimate of drug-likeness (QED) is 0.599. The highest BCUT2D eigenvalue weighted by atomic mass is 19.1. The van der Waals surface area contributed by atoms with E-state index < -0.39 is 12.1 Å². The van der Waals surface area contributed by atoms with Gasteiger partial charge in [0.25, 0.3) is 0 Å². The van der Waals surface area contributed by atoms with Gasteiger partial charge in [0.15, 0.2) is 0 Å². The van der Waals surface area contributed by atoms with Crippen molar-refractivity contribution in [3.05, 3.63) is 90.0 Å². The van der Waals surface area contributed by atoms with E-state index in [-0.39, 0.29) is 24.1 Å². The van der Waals surface area contributed by atoms with Crippen molar-refractivity contribution < 1.29 is 18.7 Å². The second-order valence-electron chi connectivity index (χ2n) is 7.89. The molecule has 2 N–H and O–H groups in total. The van der Waals surface area contributed by atoms with Gasteiger partial charge in [-0.1, -0.05) is 18.2 Å². The minimum absolute atomic E-state index is 0.0579. The van der Waals surface area contributed by atoms with Crippen LogP contribution in [0.1, 0.15) is 23.6 Å². The molecule has 3 aromatic rings. The molecule has 1 aliphatic heterocycles. The van der Waals surface area contributed by atoms with E-state index in [1.807, 2.05) is 42.5 Å². The Hall–Kier alpha value is -3.94. The molecule has 7 nitrogen and oxygen atoms in total. The average Bonchev–Trinajstić information content (AvgIpc) is 2.83. The van der Waals surface area contributed by atoms with Crippen molar-refractivity contribution in [1.82, 2.24) is 15.2 Å². The zero-order valence-corrected chi connectivity index (χ0v) is 18.2. The molecule has 2 unspecified atom stereocenters. The minimum atomic E-state index is -0.448. The number of hydrogen-bond donors (Lipinski definition) is 2. The number of benzene rings is 2. The maximum atomic E-state index is 13.1. The Labute approximate surface area is 191 Å². The molecule has 0 aliphatic carbocycles. The molecule has 1 aliphatic rings. The summed E-state index contributed by atoms with van der Waals surface area (Å²) in [5, 5.41) is 5.64. The number of hydrogen-bond acceptors (Lipinski definition) is 4. The second-order valence-corrected chi connectivity index (χ2v) is 7.89. The number of ether oxygens (including phenoxy) is 1. The molecule has 4 rings (SSSR count). The Kier molecular flexibility index (Phi) is 6.83. The van der Waals surface area contributed by atoms with Crippen LogP contribution in [-0.4, -0.2) is 41.5 Å². The number of amides is 3. The first-order valence-electron chi connectivity index (χ1n) is 10.7. The Morgan fingerprint density at radius 1 is 1.12 bits per heavy atom. The lowest BCUT2D eigenvalue weighted by Gasteiger charge is -2.38. The first-order chi connectivity index (χ1) is 16.0. The standard InChI is InChI=1S/C25H25FN4O3/c1-33-21-11-5-17(6-12-21)22-16-30(15-20-4-2-3-13-27-20)24(31)14-23(22)29-25(32)28-19-9-7-18(26)8-10-19/h2-13,22-23H,14-16H2,1H3,(H2,28,29,32). The fraction of sp³-hybridized carbons (Fsp3) is 0.240. The summed E-state index contributed by atoms with van der Waals surface area (Å²) in [5.41, 5.74) is 2.26. The van der Waals surface area contributed by atoms with Crippen LogP contribution in [0.4, 0.5) is 14.9 Å². The van der Waals surface area contributed by atoms with Crippen molar-refractivity contribution in [3.8, 4) is 5.75 Å². The predicted molar refractivity (Wildman–Crippen MR) is 122 cm³/mol. The van der Waals surface area contributed by atoms with Crippen LogP contribution in [0, 0.1) is 5.82 Å². The number of aromatic nitrogens is 1. The number of carbonyl (C=O) groups excluding carboxylic acids is 2. The summed E-state index contributed by atoms with van der Waals surface area (Å²) >= 11 is 0. The Balaban J connectivity index is 1.52. The monoisotopic (exact) mass is 448 g/mol. The Morgan fingerprint density at radius 3 is 2.55 bits per heavy atom. The molecule has 33 heavy (non-hydrogen) atoms. The van der Waals surface area contributed by atoms with Gasteiger partial charge < -0.3 is 20.3 Å². The van der Waals surface area contributed by atoms with Gasteiger partial charge in [-0.05, 0) is 54.1 Å². The molecular formula is C25H25FN4O3. The van der Waals surface area contributed by atoms with Crippen molar-refractivity contribution in [1.29, 1.82) is 0 Å². The van der Waals surface area contributed by atoms with Crippen molar-refractivity contribution >= 4 is 17.6 Å². The van der Waals surface area contributed by atoms with Crippen LogP contribution in [-0.2, 0) is 11.3 Å². The van der Waals surface area contributed by atoms with E-state index >= 15 is 0 Å². The number of halogens is 1. The first kappa shape index (κ1) is 22.3. The number of carbonyl (C=O) groups is 2. The highest BCUT2D eigenvalue weighted by Crippen LogP contribution is 2.30. The van der Waals surface area contributed by atoms with Crippen molar-refractivity contribution in [2.24, 2.45) is 0 Å². The van der Waals surface area contributed by atoms with Gasteiger partial charge in [0.1, 0.15) is 11.6 Å². The van der Waals surface area contributed by atoms with Gasteiger partial charge in [0.2, 0.25) is 5.91 Å². The molecule has 0 bridgehead atoms. The van der Waals surface area contributed by atoms with Gasteiger partial charge in [0.05, 0.1) is 19.3 Å². The van der Waals surface area contributed by atoms with E-state index in [4.69, 9.17) is 4.74 Å². The van der Waals surface area contributed by atoms with E-state index in [9.17, 15) is 14.0 Å². The summed E-state index contributed by atoms with van der Waals surface area (Å²) in [7, 11) is 1.60. The SMILES string of the molecule is COc1ccc(C2CN(Cc3ccccn3)C(=O)CC2NC(=O)Nc2ccc(F)cc2)cc1. The van der Waals surface area contributed by atoms with Gasteiger partial charge in [0, 0.05) is 36.8 Å². The van der Waals surface area contributed by atoms with Gasteiger partial charge in [-0.25, -0.2) is 9.18 Å². The molecule has 1 saturated heterocycles. The third-order valence-corrected chi connectivity index (χ3v) is 5.69. The van der Waals surface area contributed by atoms with E-state index in [0.29, 0.717) is 18.8 Å². The number of rotatable bonds is 6. The lowest BCUT2D eigenvalue weighted by Crippen LogP contribution is -2.52. The van der Waals surface area contributed by atoms with Crippen LogP contribution in [0.2, 0.25) is 0 Å². The smallest absolute Gasteiger partial charge is 0.319 e. The number of nitrogens with zero attached hydrogens (tertiary/aromatic N) is 2. The molecule has 8 heteroatoms. The third kappa shape index (κ3) is 5.65. The van der Waals surface area contributed by atoms with Crippen molar-refractivity contribution in [3.63, 3.8) is 0 Å². The summed E-state index contributed by atoms with van der Waals surface area (Å²) in [5.74, 6) is 0.162. The first-order valence-corrected chi connectivity index (χ1v) is 10.7. The average molecular weight is 448 g/mol. The lowest BCUT2D eigenvalue weighted by atomic mass is 9.85. The molecule has 1 aromatic heterocycles. The summed E-state index contributed by atoms with van der Waals surface area (Å²) in [6, 6.07) is 17.9. The minimum Gasteiger partial charge on any atom is -0.497 e. The van der Waals surface area contributed by atoms with Crippen LogP contribution >= 0.6 is 0 Å². The zero-order chi connectivity index (χ0) is 23.2. The zero-order valence-electron chi connectivity index (χ0n) is 18.2. The van der Waals surface area contributed by atoms with Gasteiger partial charge >= 0.3 is 6.03 Å². The maximum absolute atomic E-state index is 13.1. The van der Waals surface area contributed by atoms with E-state index in [1.165, 1.54) is 24.3 Å². The molecule has 3 amide bonds. The molecule has 2 atom stereocenters.